The van der Waals surface area contributed by atoms with Crippen molar-refractivity contribution in [3.05, 3.63) is 24.8 Å². The Morgan fingerprint density at radius 1 is 1.33 bits per heavy atom. The molecule has 1 unspecified atom stereocenters. The van der Waals surface area contributed by atoms with Gasteiger partial charge >= 0.3 is 0 Å². The van der Waals surface area contributed by atoms with Gasteiger partial charge in [0.25, 0.3) is 0 Å². The van der Waals surface area contributed by atoms with Crippen molar-refractivity contribution in [1.29, 1.82) is 0 Å². The number of hydrogen-bond acceptors (Lipinski definition) is 5. The molecule has 1 aliphatic rings. The van der Waals surface area contributed by atoms with E-state index in [0.717, 1.165) is 19.3 Å². The highest BCUT2D eigenvalue weighted by Gasteiger charge is 2.14. The van der Waals surface area contributed by atoms with Crippen molar-refractivity contribution in [3.8, 4) is 5.88 Å². The topological polar surface area (TPSA) is 78.9 Å². The van der Waals surface area contributed by atoms with E-state index in [1.165, 1.54) is 17.3 Å². The number of rotatable bonds is 3. The Bertz CT molecular complexity index is 577. The minimum atomic E-state index is 0.513. The first kappa shape index (κ1) is 11.0. The fourth-order valence-corrected chi connectivity index (χ4v) is 2.14. The van der Waals surface area contributed by atoms with Gasteiger partial charge in [-0.05, 0) is 25.2 Å². The van der Waals surface area contributed by atoms with Crippen LogP contribution >= 0.6 is 0 Å². The molecule has 0 saturated carbocycles. The second-order valence-corrected chi connectivity index (χ2v) is 4.46. The predicted molar refractivity (Wildman–Crippen MR) is 67.4 cm³/mol. The van der Waals surface area contributed by atoms with E-state index in [1.807, 2.05) is 0 Å². The highest BCUT2D eigenvalue weighted by atomic mass is 16.5. The molecule has 0 fully saturated rings. The monoisotopic (exact) mass is 245 g/mol. The third-order valence-electron chi connectivity index (χ3n) is 3.16. The molecule has 1 aliphatic carbocycles. The van der Waals surface area contributed by atoms with E-state index in [9.17, 15) is 0 Å². The molecule has 0 bridgehead atoms. The number of fused-ring (bicyclic) bond motifs is 1. The maximum atomic E-state index is 5.76. The summed E-state index contributed by atoms with van der Waals surface area (Å²) in [6.45, 7) is 0.661. The van der Waals surface area contributed by atoms with Crippen LogP contribution in [0.25, 0.3) is 11.2 Å². The first-order valence-electron chi connectivity index (χ1n) is 6.05. The van der Waals surface area contributed by atoms with Gasteiger partial charge in [0.05, 0.1) is 6.61 Å². The van der Waals surface area contributed by atoms with Gasteiger partial charge in [-0.3, -0.25) is 0 Å². The third kappa shape index (κ3) is 2.01. The molecular formula is C12H15N5O. The van der Waals surface area contributed by atoms with Gasteiger partial charge < -0.3 is 10.6 Å². The van der Waals surface area contributed by atoms with Gasteiger partial charge in [0.2, 0.25) is 5.88 Å². The van der Waals surface area contributed by atoms with E-state index >= 15 is 0 Å². The number of aromatic nitrogens is 4. The van der Waals surface area contributed by atoms with Crippen LogP contribution in [0.5, 0.6) is 5.88 Å². The van der Waals surface area contributed by atoms with Gasteiger partial charge in [-0.1, -0.05) is 12.2 Å². The maximum Gasteiger partial charge on any atom is 0.245 e. The number of nitrogen functional groups attached to an aromatic ring is 1. The van der Waals surface area contributed by atoms with Crippen molar-refractivity contribution in [2.45, 2.75) is 19.3 Å². The lowest BCUT2D eigenvalue weighted by atomic mass is 9.95. The van der Waals surface area contributed by atoms with E-state index in [2.05, 4.69) is 27.1 Å². The summed E-state index contributed by atoms with van der Waals surface area (Å²) in [7, 11) is 0. The van der Waals surface area contributed by atoms with Crippen LogP contribution in [0.1, 0.15) is 19.3 Å². The molecule has 2 aromatic rings. The summed E-state index contributed by atoms with van der Waals surface area (Å²) in [6, 6.07) is 0. The molecule has 0 spiro atoms. The lowest BCUT2D eigenvalue weighted by molar-refractivity contribution is 0.233. The van der Waals surface area contributed by atoms with Crippen molar-refractivity contribution in [1.82, 2.24) is 19.6 Å². The Labute approximate surface area is 104 Å². The molecule has 2 aromatic heterocycles. The number of nitrogens with zero attached hydrogens (tertiary/aromatic N) is 4. The number of nitrogens with two attached hydrogens (primary N) is 1. The van der Waals surface area contributed by atoms with E-state index in [-0.39, 0.29) is 0 Å². The standard InChI is InChI=1S/C12H15N5O/c13-17-8-16-10-11(17)14-7-15-12(10)18-6-9-4-2-1-3-5-9/h1-2,7-9H,3-6,13H2. The lowest BCUT2D eigenvalue weighted by Gasteiger charge is -2.17. The van der Waals surface area contributed by atoms with Crippen LogP contribution in [-0.2, 0) is 0 Å². The highest BCUT2D eigenvalue weighted by Crippen LogP contribution is 2.22. The fraction of sp³-hybridized carbons (Fsp3) is 0.417. The Kier molecular flexibility index (Phi) is 2.84. The van der Waals surface area contributed by atoms with E-state index in [1.54, 1.807) is 0 Å². The Balaban J connectivity index is 1.76. The summed E-state index contributed by atoms with van der Waals surface area (Å²) in [5.74, 6) is 6.75. The zero-order valence-electron chi connectivity index (χ0n) is 9.99. The van der Waals surface area contributed by atoms with Crippen LogP contribution in [0.3, 0.4) is 0 Å². The summed E-state index contributed by atoms with van der Waals surface area (Å²) >= 11 is 0. The zero-order chi connectivity index (χ0) is 12.4. The second kappa shape index (κ2) is 4.64. The van der Waals surface area contributed by atoms with E-state index in [0.29, 0.717) is 29.6 Å². The molecule has 2 heterocycles. The quantitative estimate of drug-likeness (QED) is 0.651. The first-order valence-corrected chi connectivity index (χ1v) is 6.05. The highest BCUT2D eigenvalue weighted by molar-refractivity contribution is 5.75. The van der Waals surface area contributed by atoms with Gasteiger partial charge in [0, 0.05) is 0 Å². The summed E-state index contributed by atoms with van der Waals surface area (Å²) in [5, 5.41) is 0. The van der Waals surface area contributed by atoms with Crippen LogP contribution in [-0.4, -0.2) is 26.2 Å². The van der Waals surface area contributed by atoms with E-state index < -0.39 is 0 Å². The average molecular weight is 245 g/mol. The molecule has 94 valence electrons. The molecule has 1 atom stereocenters. The van der Waals surface area contributed by atoms with Gasteiger partial charge in [-0.2, -0.15) is 4.98 Å². The first-order chi connectivity index (χ1) is 8.84. The SMILES string of the molecule is Nn1cnc2c(OCC3CC=CCC3)ncnc21. The summed E-state index contributed by atoms with van der Waals surface area (Å²) in [5.41, 5.74) is 1.20. The molecule has 0 saturated heterocycles. The van der Waals surface area contributed by atoms with Crippen LogP contribution < -0.4 is 10.6 Å². The van der Waals surface area contributed by atoms with Crippen molar-refractivity contribution < 1.29 is 4.74 Å². The molecule has 0 amide bonds. The molecular weight excluding hydrogens is 230 g/mol. The molecule has 3 rings (SSSR count). The molecule has 6 heteroatoms. The average Bonchev–Trinajstić information content (AvgIpc) is 2.80. The number of imidazole rings is 1. The Morgan fingerprint density at radius 3 is 3.11 bits per heavy atom. The van der Waals surface area contributed by atoms with Gasteiger partial charge in [-0.15, -0.1) is 0 Å². The minimum absolute atomic E-state index is 0.513. The van der Waals surface area contributed by atoms with Gasteiger partial charge in [0.15, 0.2) is 11.2 Å². The maximum absolute atomic E-state index is 5.76. The molecule has 6 nitrogen and oxygen atoms in total. The predicted octanol–water partition coefficient (Wildman–Crippen LogP) is 1.28. The van der Waals surface area contributed by atoms with Gasteiger partial charge in [0.1, 0.15) is 12.7 Å². The lowest BCUT2D eigenvalue weighted by Crippen LogP contribution is -2.14. The van der Waals surface area contributed by atoms with Crippen molar-refractivity contribution in [2.75, 3.05) is 12.4 Å². The molecule has 0 aliphatic heterocycles. The smallest absolute Gasteiger partial charge is 0.245 e. The number of hydrogen-bond donors (Lipinski definition) is 1. The molecule has 2 N–H and O–H groups in total. The minimum Gasteiger partial charge on any atom is -0.476 e. The normalized spacial score (nSPS) is 19.2. The largest absolute Gasteiger partial charge is 0.476 e. The Morgan fingerprint density at radius 2 is 2.28 bits per heavy atom. The van der Waals surface area contributed by atoms with Crippen molar-refractivity contribution in [2.24, 2.45) is 5.92 Å². The molecule has 0 radical (unpaired) electrons. The fourth-order valence-electron chi connectivity index (χ4n) is 2.14. The summed E-state index contributed by atoms with van der Waals surface area (Å²) < 4.78 is 7.12. The Hall–Kier alpha value is -2.11. The van der Waals surface area contributed by atoms with Crippen molar-refractivity contribution >= 4 is 11.2 Å². The zero-order valence-corrected chi connectivity index (χ0v) is 9.99. The van der Waals surface area contributed by atoms with Crippen LogP contribution in [0.2, 0.25) is 0 Å². The van der Waals surface area contributed by atoms with Gasteiger partial charge in [-0.25, -0.2) is 14.6 Å². The van der Waals surface area contributed by atoms with Crippen LogP contribution in [0, 0.1) is 5.92 Å². The number of allylic oxidation sites excluding steroid dienone is 2. The summed E-state index contributed by atoms with van der Waals surface area (Å²) in [6.07, 6.45) is 10.7. The summed E-state index contributed by atoms with van der Waals surface area (Å²) in [4.78, 5) is 12.3. The molecule has 18 heavy (non-hydrogen) atoms. The van der Waals surface area contributed by atoms with Crippen molar-refractivity contribution in [3.63, 3.8) is 0 Å². The van der Waals surface area contributed by atoms with Crippen LogP contribution in [0.4, 0.5) is 0 Å². The third-order valence-corrected chi connectivity index (χ3v) is 3.16. The van der Waals surface area contributed by atoms with E-state index in [4.69, 9.17) is 10.6 Å². The number of ether oxygens (including phenoxy) is 1. The van der Waals surface area contributed by atoms with Crippen LogP contribution in [0.15, 0.2) is 24.8 Å². The molecule has 0 aromatic carbocycles. The second-order valence-electron chi connectivity index (χ2n) is 4.46.